The minimum Gasteiger partial charge on any atom is -0.478 e. The Bertz CT molecular complexity index is 1060. The van der Waals surface area contributed by atoms with Gasteiger partial charge >= 0.3 is 5.97 Å². The molecule has 0 radical (unpaired) electrons. The number of aromatic carboxylic acids is 1. The van der Waals surface area contributed by atoms with Gasteiger partial charge in [-0.25, -0.2) is 19.8 Å². The van der Waals surface area contributed by atoms with Crippen molar-refractivity contribution in [3.8, 4) is 0 Å². The second-order valence-electron chi connectivity index (χ2n) is 6.61. The summed E-state index contributed by atoms with van der Waals surface area (Å²) in [6.07, 6.45) is 2.82. The van der Waals surface area contributed by atoms with Gasteiger partial charge in [-0.3, -0.25) is 9.63 Å². The highest BCUT2D eigenvalue weighted by atomic mass is 16.6. The summed E-state index contributed by atoms with van der Waals surface area (Å²) in [5, 5.41) is 16.8. The van der Waals surface area contributed by atoms with Crippen molar-refractivity contribution in [3.05, 3.63) is 53.0 Å². The van der Waals surface area contributed by atoms with Crippen LogP contribution >= 0.6 is 0 Å². The van der Waals surface area contributed by atoms with Crippen molar-refractivity contribution in [2.24, 2.45) is 0 Å². The van der Waals surface area contributed by atoms with Crippen LogP contribution in [0.3, 0.4) is 0 Å². The summed E-state index contributed by atoms with van der Waals surface area (Å²) in [7, 11) is 1.37. The number of anilines is 2. The number of hydroxylamine groups is 1. The zero-order chi connectivity index (χ0) is 20.4. The summed E-state index contributed by atoms with van der Waals surface area (Å²) in [6, 6.07) is 5.29. The molecule has 0 aliphatic carbocycles. The number of nitrogens with one attached hydrogen (secondary N) is 2. The fourth-order valence-corrected chi connectivity index (χ4v) is 3.11. The summed E-state index contributed by atoms with van der Waals surface area (Å²) in [6.45, 7) is 5.65. The Hall–Kier alpha value is -3.46. The molecule has 9 heteroatoms. The summed E-state index contributed by atoms with van der Waals surface area (Å²) in [4.78, 5) is 32.8. The van der Waals surface area contributed by atoms with E-state index in [0.717, 1.165) is 5.56 Å². The van der Waals surface area contributed by atoms with Crippen LogP contribution < -0.4 is 10.8 Å². The van der Waals surface area contributed by atoms with Crippen LogP contribution in [0.15, 0.2) is 30.7 Å². The summed E-state index contributed by atoms with van der Waals surface area (Å²) >= 11 is 0. The molecule has 28 heavy (non-hydrogen) atoms. The van der Waals surface area contributed by atoms with E-state index in [1.807, 2.05) is 26.8 Å². The van der Waals surface area contributed by atoms with Gasteiger partial charge in [0.15, 0.2) is 5.82 Å². The van der Waals surface area contributed by atoms with Crippen LogP contribution in [-0.2, 0) is 4.84 Å². The summed E-state index contributed by atoms with van der Waals surface area (Å²) in [5.41, 5.74) is 5.56. The van der Waals surface area contributed by atoms with Gasteiger partial charge in [0.05, 0.1) is 12.7 Å². The maximum Gasteiger partial charge on any atom is 0.337 e. The molecule has 146 valence electrons. The monoisotopic (exact) mass is 383 g/mol. The van der Waals surface area contributed by atoms with Gasteiger partial charge < -0.3 is 10.4 Å². The third-order valence-corrected chi connectivity index (χ3v) is 4.36. The van der Waals surface area contributed by atoms with Crippen LogP contribution in [0, 0.1) is 6.92 Å². The number of nitrogens with zero attached hydrogens (tertiary/aromatic N) is 3. The predicted molar refractivity (Wildman–Crippen MR) is 103 cm³/mol. The topological polar surface area (TPSA) is 118 Å². The Labute approximate surface area is 161 Å². The number of hydrogen-bond donors (Lipinski definition) is 3. The first kappa shape index (κ1) is 19.3. The van der Waals surface area contributed by atoms with Crippen molar-refractivity contribution >= 4 is 28.9 Å². The first-order chi connectivity index (χ1) is 13.3. The second kappa shape index (κ2) is 7.65. The first-order valence-corrected chi connectivity index (χ1v) is 8.64. The van der Waals surface area contributed by atoms with Gasteiger partial charge in [-0.1, -0.05) is 19.9 Å². The average molecular weight is 383 g/mol. The van der Waals surface area contributed by atoms with Crippen LogP contribution in [0.2, 0.25) is 0 Å². The number of carboxylic acids is 1. The quantitative estimate of drug-likeness (QED) is 0.560. The highest BCUT2D eigenvalue weighted by Crippen LogP contribution is 2.31. The third-order valence-electron chi connectivity index (χ3n) is 4.36. The first-order valence-electron chi connectivity index (χ1n) is 8.64. The van der Waals surface area contributed by atoms with E-state index in [2.05, 4.69) is 20.9 Å². The molecule has 0 saturated heterocycles. The van der Waals surface area contributed by atoms with Crippen LogP contribution in [-0.4, -0.2) is 38.7 Å². The van der Waals surface area contributed by atoms with E-state index in [0.29, 0.717) is 28.1 Å². The predicted octanol–water partition coefficient (Wildman–Crippen LogP) is 2.89. The van der Waals surface area contributed by atoms with Crippen molar-refractivity contribution in [2.45, 2.75) is 26.7 Å². The van der Waals surface area contributed by atoms with Gasteiger partial charge in [-0.2, -0.15) is 5.10 Å². The Morgan fingerprint density at radius 2 is 2.00 bits per heavy atom. The zero-order valence-corrected chi connectivity index (χ0v) is 16.0. The molecule has 0 bridgehead atoms. The lowest BCUT2D eigenvalue weighted by atomic mass is 10.00. The fraction of sp³-hybridized carbons (Fsp3) is 0.263. The van der Waals surface area contributed by atoms with E-state index < -0.39 is 5.97 Å². The normalized spacial score (nSPS) is 11.0. The number of rotatable bonds is 6. The minimum absolute atomic E-state index is 0.0521. The maximum atomic E-state index is 12.1. The van der Waals surface area contributed by atoms with Gasteiger partial charge in [0.25, 0.3) is 5.91 Å². The molecule has 0 saturated carbocycles. The van der Waals surface area contributed by atoms with Gasteiger partial charge in [0.2, 0.25) is 0 Å². The zero-order valence-electron chi connectivity index (χ0n) is 16.0. The Balaban J connectivity index is 2.09. The average Bonchev–Trinajstić information content (AvgIpc) is 3.04. The van der Waals surface area contributed by atoms with Crippen molar-refractivity contribution < 1.29 is 19.5 Å². The summed E-state index contributed by atoms with van der Waals surface area (Å²) < 4.78 is 1.50. The van der Waals surface area contributed by atoms with Gasteiger partial charge in [-0.15, -0.1) is 0 Å². The molecule has 2 aromatic heterocycles. The van der Waals surface area contributed by atoms with Crippen LogP contribution in [0.4, 0.5) is 11.5 Å². The van der Waals surface area contributed by atoms with Crippen molar-refractivity contribution in [3.63, 3.8) is 0 Å². The molecule has 1 aromatic carbocycles. The van der Waals surface area contributed by atoms with Crippen LogP contribution in [0.25, 0.3) is 5.52 Å². The van der Waals surface area contributed by atoms with Gasteiger partial charge in [-0.05, 0) is 30.5 Å². The molecule has 2 heterocycles. The number of carbonyl (C=O) groups is 2. The van der Waals surface area contributed by atoms with Gasteiger partial charge in [0, 0.05) is 23.0 Å². The molecule has 3 N–H and O–H groups in total. The number of fused-ring (bicyclic) bond motifs is 1. The lowest BCUT2D eigenvalue weighted by Crippen LogP contribution is -2.22. The van der Waals surface area contributed by atoms with Crippen molar-refractivity contribution in [2.75, 3.05) is 12.4 Å². The standard InChI is InChI=1S/C19H21N5O4/c1-10(2)15-14(19(26)27)8-24-16(15)17(20-9-21-24)22-12-6-5-11(3)13(7-12)18(25)23-28-4/h5-10H,1-4H3,(H,23,25)(H,26,27)(H,20,21,22). The lowest BCUT2D eigenvalue weighted by molar-refractivity contribution is 0.0537. The molecule has 0 atom stereocenters. The molecule has 0 aliphatic rings. The molecule has 0 aliphatic heterocycles. The number of benzene rings is 1. The largest absolute Gasteiger partial charge is 0.478 e. The number of hydrogen-bond acceptors (Lipinski definition) is 6. The van der Waals surface area contributed by atoms with E-state index in [4.69, 9.17) is 4.84 Å². The number of aromatic nitrogens is 3. The van der Waals surface area contributed by atoms with Crippen molar-refractivity contribution in [1.29, 1.82) is 0 Å². The van der Waals surface area contributed by atoms with E-state index in [1.54, 1.807) is 12.1 Å². The number of carbonyl (C=O) groups excluding carboxylic acids is 1. The summed E-state index contributed by atoms with van der Waals surface area (Å²) in [5.74, 6) is -0.985. The molecule has 1 amide bonds. The fourth-order valence-electron chi connectivity index (χ4n) is 3.11. The Morgan fingerprint density at radius 1 is 1.25 bits per heavy atom. The molecular formula is C19H21N5O4. The number of amides is 1. The smallest absolute Gasteiger partial charge is 0.337 e. The molecule has 0 spiro atoms. The molecule has 0 unspecified atom stereocenters. The number of carboxylic acid groups (broad SMARTS) is 1. The second-order valence-corrected chi connectivity index (χ2v) is 6.61. The van der Waals surface area contributed by atoms with Crippen LogP contribution in [0.1, 0.15) is 51.6 Å². The Kier molecular flexibility index (Phi) is 5.27. The highest BCUT2D eigenvalue weighted by molar-refractivity contribution is 5.97. The molecule has 3 aromatic rings. The Morgan fingerprint density at radius 3 is 2.64 bits per heavy atom. The molecular weight excluding hydrogens is 362 g/mol. The van der Waals surface area contributed by atoms with Crippen LogP contribution in [0.5, 0.6) is 0 Å². The highest BCUT2D eigenvalue weighted by Gasteiger charge is 2.22. The number of aryl methyl sites for hydroxylation is 1. The van der Waals surface area contributed by atoms with E-state index >= 15 is 0 Å². The van der Waals surface area contributed by atoms with Gasteiger partial charge in [0.1, 0.15) is 11.8 Å². The molecule has 9 nitrogen and oxygen atoms in total. The third kappa shape index (κ3) is 3.52. The van der Waals surface area contributed by atoms with E-state index in [9.17, 15) is 14.7 Å². The lowest BCUT2D eigenvalue weighted by Gasteiger charge is -2.13. The van der Waals surface area contributed by atoms with E-state index in [1.165, 1.54) is 24.1 Å². The SMILES string of the molecule is CONC(=O)c1cc(Nc2ncnn3cc(C(=O)O)c(C(C)C)c23)ccc1C. The molecule has 0 fully saturated rings. The maximum absolute atomic E-state index is 12.1. The molecule has 3 rings (SSSR count). The minimum atomic E-state index is -1.02. The van der Waals surface area contributed by atoms with E-state index in [-0.39, 0.29) is 17.4 Å². The van der Waals surface area contributed by atoms with Crippen molar-refractivity contribution in [1.82, 2.24) is 20.1 Å².